The Labute approximate surface area is 152 Å². The molecule has 0 amide bonds. The molecule has 4 nitrogen and oxygen atoms in total. The molecule has 1 heterocycles. The van der Waals surface area contributed by atoms with Gasteiger partial charge in [0.25, 0.3) is 0 Å². The molecule has 1 aromatic heterocycles. The van der Waals surface area contributed by atoms with E-state index in [0.29, 0.717) is 5.69 Å². The van der Waals surface area contributed by atoms with Crippen LogP contribution in [0.3, 0.4) is 0 Å². The first-order valence-electron chi connectivity index (χ1n) is 8.77. The molecule has 142 valence electrons. The van der Waals surface area contributed by atoms with Crippen LogP contribution in [0.15, 0.2) is 30.5 Å². The topological polar surface area (TPSA) is 38.2 Å². The summed E-state index contributed by atoms with van der Waals surface area (Å²) in [7, 11) is 1.59. The van der Waals surface area contributed by atoms with Gasteiger partial charge in [0, 0.05) is 18.9 Å². The molecule has 0 bridgehead atoms. The molecule has 0 aliphatic heterocycles. The average molecular weight is 367 g/mol. The van der Waals surface area contributed by atoms with E-state index in [1.165, 1.54) is 4.90 Å². The summed E-state index contributed by atoms with van der Waals surface area (Å²) in [5.74, 6) is -0.209. The van der Waals surface area contributed by atoms with E-state index in [-0.39, 0.29) is 18.4 Å². The van der Waals surface area contributed by atoms with Crippen molar-refractivity contribution in [1.29, 1.82) is 0 Å². The molecule has 0 N–H and O–H groups in total. The van der Waals surface area contributed by atoms with Crippen molar-refractivity contribution in [3.8, 4) is 6.01 Å². The number of para-hydroxylation sites is 1. The molecule has 0 radical (unpaired) electrons. The lowest BCUT2D eigenvalue weighted by atomic mass is 10.0. The zero-order valence-electron chi connectivity index (χ0n) is 15.3. The molecule has 0 saturated heterocycles. The van der Waals surface area contributed by atoms with Crippen molar-refractivity contribution in [3.63, 3.8) is 0 Å². The predicted molar refractivity (Wildman–Crippen MR) is 95.9 cm³/mol. The first-order chi connectivity index (χ1) is 12.4. The highest BCUT2D eigenvalue weighted by Gasteiger charge is 2.37. The number of alkyl halides is 3. The Balaban J connectivity index is 2.45. The van der Waals surface area contributed by atoms with Crippen molar-refractivity contribution in [3.05, 3.63) is 41.6 Å². The van der Waals surface area contributed by atoms with Crippen molar-refractivity contribution < 1.29 is 17.9 Å². The fraction of sp³-hybridized carbons (Fsp3) is 0.474. The number of ether oxygens (including phenoxy) is 1. The van der Waals surface area contributed by atoms with Gasteiger partial charge in [-0.25, -0.2) is 4.98 Å². The van der Waals surface area contributed by atoms with Crippen LogP contribution in [0, 0.1) is 0 Å². The van der Waals surface area contributed by atoms with Gasteiger partial charge in [-0.2, -0.15) is 18.2 Å². The Morgan fingerprint density at radius 1 is 1.12 bits per heavy atom. The maximum absolute atomic E-state index is 13.4. The highest BCUT2D eigenvalue weighted by Crippen LogP contribution is 2.38. The standard InChI is InChI=1S/C19H24F3N3O/c1-4-6-7-10-14-11-8-9-12-16(14)25(3)17-15(19(20,21)22)13-23-18(24-17)26-5-2/h8-9,11-13H,4-7,10H2,1-3H3. The molecule has 0 aliphatic rings. The molecular weight excluding hydrogens is 343 g/mol. The smallest absolute Gasteiger partial charge is 0.421 e. The molecule has 0 unspecified atom stereocenters. The van der Waals surface area contributed by atoms with Crippen molar-refractivity contribution in [1.82, 2.24) is 9.97 Å². The molecule has 7 heteroatoms. The van der Waals surface area contributed by atoms with Gasteiger partial charge in [0.15, 0.2) is 5.82 Å². The number of rotatable bonds is 8. The van der Waals surface area contributed by atoms with Crippen LogP contribution in [-0.4, -0.2) is 23.6 Å². The van der Waals surface area contributed by atoms with Gasteiger partial charge in [-0.05, 0) is 31.4 Å². The summed E-state index contributed by atoms with van der Waals surface area (Å²) in [4.78, 5) is 9.16. The third-order valence-corrected chi connectivity index (χ3v) is 4.05. The van der Waals surface area contributed by atoms with Crippen LogP contribution in [0.25, 0.3) is 0 Å². The first-order valence-corrected chi connectivity index (χ1v) is 8.77. The Hall–Kier alpha value is -2.31. The number of halogens is 3. The van der Waals surface area contributed by atoms with E-state index in [0.717, 1.165) is 37.4 Å². The zero-order valence-corrected chi connectivity index (χ0v) is 15.3. The monoisotopic (exact) mass is 367 g/mol. The zero-order chi connectivity index (χ0) is 19.2. The molecule has 26 heavy (non-hydrogen) atoms. The first kappa shape index (κ1) is 20.0. The molecule has 0 fully saturated rings. The fourth-order valence-electron chi connectivity index (χ4n) is 2.74. The van der Waals surface area contributed by atoms with Gasteiger partial charge in [-0.15, -0.1) is 0 Å². The third kappa shape index (κ3) is 4.86. The highest BCUT2D eigenvalue weighted by atomic mass is 19.4. The lowest BCUT2D eigenvalue weighted by Crippen LogP contribution is -2.20. The SMILES string of the molecule is CCCCCc1ccccc1N(C)c1nc(OCC)ncc1C(F)(F)F. The predicted octanol–water partition coefficient (Wildman–Crippen LogP) is 5.39. The van der Waals surface area contributed by atoms with E-state index in [9.17, 15) is 13.2 Å². The van der Waals surface area contributed by atoms with Crippen LogP contribution < -0.4 is 9.64 Å². The van der Waals surface area contributed by atoms with Gasteiger partial charge in [0.2, 0.25) is 0 Å². The number of benzene rings is 1. The molecule has 0 aliphatic carbocycles. The van der Waals surface area contributed by atoms with Crippen molar-refractivity contribution >= 4 is 11.5 Å². The van der Waals surface area contributed by atoms with Crippen molar-refractivity contribution in [2.75, 3.05) is 18.6 Å². The maximum atomic E-state index is 13.4. The number of nitrogens with zero attached hydrogens (tertiary/aromatic N) is 3. The Bertz CT molecular complexity index is 719. The van der Waals surface area contributed by atoms with E-state index in [1.807, 2.05) is 24.3 Å². The number of aryl methyl sites for hydroxylation is 1. The van der Waals surface area contributed by atoms with Gasteiger partial charge < -0.3 is 9.64 Å². The molecule has 0 spiro atoms. The summed E-state index contributed by atoms with van der Waals surface area (Å²) in [6, 6.07) is 7.40. The lowest BCUT2D eigenvalue weighted by molar-refractivity contribution is -0.137. The number of unbranched alkanes of at least 4 members (excludes halogenated alkanes) is 2. The lowest BCUT2D eigenvalue weighted by Gasteiger charge is -2.24. The number of anilines is 2. The average Bonchev–Trinajstić information content (AvgIpc) is 2.61. The second-order valence-corrected chi connectivity index (χ2v) is 5.97. The maximum Gasteiger partial charge on any atom is 0.421 e. The summed E-state index contributed by atoms with van der Waals surface area (Å²) in [5, 5.41) is 0. The van der Waals surface area contributed by atoms with Crippen LogP contribution in [0.1, 0.15) is 44.2 Å². The van der Waals surface area contributed by atoms with Gasteiger partial charge in [-0.1, -0.05) is 38.0 Å². The van der Waals surface area contributed by atoms with Gasteiger partial charge in [0.05, 0.1) is 6.61 Å². The van der Waals surface area contributed by atoms with Crippen LogP contribution >= 0.6 is 0 Å². The van der Waals surface area contributed by atoms with Crippen LogP contribution in [0.5, 0.6) is 6.01 Å². The number of aromatic nitrogens is 2. The summed E-state index contributed by atoms with van der Waals surface area (Å²) >= 11 is 0. The summed E-state index contributed by atoms with van der Waals surface area (Å²) < 4.78 is 45.5. The minimum absolute atomic E-state index is 0.0641. The summed E-state index contributed by atoms with van der Waals surface area (Å²) in [5.41, 5.74) is 0.815. The van der Waals surface area contributed by atoms with E-state index < -0.39 is 11.7 Å². The normalized spacial score (nSPS) is 11.5. The van der Waals surface area contributed by atoms with E-state index in [1.54, 1.807) is 14.0 Å². The fourth-order valence-corrected chi connectivity index (χ4v) is 2.74. The van der Waals surface area contributed by atoms with Gasteiger partial charge >= 0.3 is 12.2 Å². The van der Waals surface area contributed by atoms with E-state index in [2.05, 4.69) is 16.9 Å². The third-order valence-electron chi connectivity index (χ3n) is 4.05. The van der Waals surface area contributed by atoms with Crippen LogP contribution in [0.2, 0.25) is 0 Å². The summed E-state index contributed by atoms with van der Waals surface area (Å²) in [6.07, 6.45) is 0.184. The van der Waals surface area contributed by atoms with E-state index >= 15 is 0 Å². The molecule has 2 aromatic rings. The number of hydrogen-bond acceptors (Lipinski definition) is 4. The Morgan fingerprint density at radius 2 is 1.85 bits per heavy atom. The van der Waals surface area contributed by atoms with Gasteiger partial charge in [-0.3, -0.25) is 0 Å². The Morgan fingerprint density at radius 3 is 2.50 bits per heavy atom. The van der Waals surface area contributed by atoms with E-state index in [4.69, 9.17) is 4.74 Å². The van der Waals surface area contributed by atoms with Gasteiger partial charge in [0.1, 0.15) is 5.56 Å². The second kappa shape index (κ2) is 8.87. The minimum Gasteiger partial charge on any atom is -0.464 e. The largest absolute Gasteiger partial charge is 0.464 e. The quantitative estimate of drug-likeness (QED) is 0.586. The molecular formula is C19H24F3N3O. The van der Waals surface area contributed by atoms with Crippen molar-refractivity contribution in [2.45, 2.75) is 45.7 Å². The second-order valence-electron chi connectivity index (χ2n) is 5.97. The highest BCUT2D eigenvalue weighted by molar-refractivity contribution is 5.66. The molecule has 0 atom stereocenters. The van der Waals surface area contributed by atoms with Crippen LogP contribution in [-0.2, 0) is 12.6 Å². The molecule has 0 saturated carbocycles. The minimum atomic E-state index is -4.55. The molecule has 2 rings (SSSR count). The number of hydrogen-bond donors (Lipinski definition) is 0. The summed E-state index contributed by atoms with van der Waals surface area (Å²) in [6.45, 7) is 4.12. The molecule has 1 aromatic carbocycles. The van der Waals surface area contributed by atoms with Crippen LogP contribution in [0.4, 0.5) is 24.7 Å². The van der Waals surface area contributed by atoms with Crippen molar-refractivity contribution in [2.24, 2.45) is 0 Å². The Kier molecular flexibility index (Phi) is 6.83.